The number of fused-ring (bicyclic) bond motifs is 1. The van der Waals surface area contributed by atoms with Crippen molar-refractivity contribution in [1.82, 2.24) is 5.16 Å². The van der Waals surface area contributed by atoms with E-state index in [1.807, 2.05) is 12.1 Å². The molecule has 0 aliphatic rings. The second kappa shape index (κ2) is 3.06. The number of hydrogen-bond acceptors (Lipinski definition) is 4. The van der Waals surface area contributed by atoms with Crippen molar-refractivity contribution in [3.63, 3.8) is 0 Å². The maximum absolute atomic E-state index is 5.56. The zero-order chi connectivity index (χ0) is 9.26. The van der Waals surface area contributed by atoms with Gasteiger partial charge >= 0.3 is 0 Å². The van der Waals surface area contributed by atoms with Gasteiger partial charge in [-0.3, -0.25) is 0 Å². The van der Waals surface area contributed by atoms with Gasteiger partial charge in [0.05, 0.1) is 13.3 Å². The quantitative estimate of drug-likeness (QED) is 0.752. The van der Waals surface area contributed by atoms with E-state index >= 15 is 0 Å². The Kier molecular flexibility index (Phi) is 1.90. The molecule has 0 radical (unpaired) electrons. The van der Waals surface area contributed by atoms with Crippen LogP contribution in [0.1, 0.15) is 5.56 Å². The molecule has 0 fully saturated rings. The molecule has 0 aliphatic carbocycles. The summed E-state index contributed by atoms with van der Waals surface area (Å²) in [5.41, 5.74) is 7.20. The van der Waals surface area contributed by atoms with E-state index in [1.54, 1.807) is 13.3 Å². The summed E-state index contributed by atoms with van der Waals surface area (Å²) in [5, 5.41) is 4.62. The minimum absolute atomic E-state index is 0.420. The molecule has 1 aromatic heterocycles. The summed E-state index contributed by atoms with van der Waals surface area (Å²) in [6.45, 7) is 0.420. The number of ether oxygens (including phenoxy) is 1. The lowest BCUT2D eigenvalue weighted by Gasteiger charge is -2.02. The Bertz CT molecular complexity index is 422. The van der Waals surface area contributed by atoms with Gasteiger partial charge in [-0.15, -0.1) is 0 Å². The van der Waals surface area contributed by atoms with E-state index in [1.165, 1.54) is 0 Å². The van der Waals surface area contributed by atoms with Gasteiger partial charge in [-0.05, 0) is 12.1 Å². The molecule has 0 aliphatic heterocycles. The molecule has 0 unspecified atom stereocenters. The number of nitrogens with zero attached hydrogens (tertiary/aromatic N) is 1. The number of hydrogen-bond donors (Lipinski definition) is 1. The third kappa shape index (κ3) is 1.25. The second-order valence-corrected chi connectivity index (χ2v) is 2.73. The summed E-state index contributed by atoms with van der Waals surface area (Å²) in [6, 6.07) is 3.72. The average molecular weight is 178 g/mol. The summed E-state index contributed by atoms with van der Waals surface area (Å²) >= 11 is 0. The average Bonchev–Trinajstić information content (AvgIpc) is 2.63. The molecule has 4 nitrogen and oxygen atoms in total. The van der Waals surface area contributed by atoms with Gasteiger partial charge in [-0.2, -0.15) is 0 Å². The molecule has 13 heavy (non-hydrogen) atoms. The van der Waals surface area contributed by atoms with Crippen LogP contribution < -0.4 is 10.5 Å². The molecule has 68 valence electrons. The van der Waals surface area contributed by atoms with Crippen molar-refractivity contribution in [2.24, 2.45) is 5.73 Å². The van der Waals surface area contributed by atoms with Gasteiger partial charge in [0, 0.05) is 17.5 Å². The predicted octanol–water partition coefficient (Wildman–Crippen LogP) is 1.30. The fourth-order valence-electron chi connectivity index (χ4n) is 1.30. The lowest BCUT2D eigenvalue weighted by atomic mass is 10.1. The van der Waals surface area contributed by atoms with Crippen molar-refractivity contribution in [3.8, 4) is 5.75 Å². The Morgan fingerprint density at radius 2 is 2.38 bits per heavy atom. The minimum atomic E-state index is 0.420. The van der Waals surface area contributed by atoms with Crippen LogP contribution in [0.2, 0.25) is 0 Å². The van der Waals surface area contributed by atoms with Crippen molar-refractivity contribution in [2.45, 2.75) is 6.54 Å². The molecule has 0 saturated carbocycles. The van der Waals surface area contributed by atoms with Crippen LogP contribution in [-0.4, -0.2) is 12.3 Å². The molecule has 1 heterocycles. The Morgan fingerprint density at radius 1 is 1.54 bits per heavy atom. The van der Waals surface area contributed by atoms with Crippen LogP contribution in [0.5, 0.6) is 5.75 Å². The lowest BCUT2D eigenvalue weighted by molar-refractivity contribution is 0.414. The van der Waals surface area contributed by atoms with Crippen LogP contribution in [0.25, 0.3) is 11.0 Å². The molecule has 0 bridgehead atoms. The van der Waals surface area contributed by atoms with Crippen LogP contribution >= 0.6 is 0 Å². The maximum Gasteiger partial charge on any atom is 0.171 e. The van der Waals surface area contributed by atoms with Crippen molar-refractivity contribution < 1.29 is 9.26 Å². The SMILES string of the molecule is COc1cc(CN)c2oncc2c1. The van der Waals surface area contributed by atoms with E-state index < -0.39 is 0 Å². The first kappa shape index (κ1) is 8.07. The molecule has 1 aromatic carbocycles. The van der Waals surface area contributed by atoms with Gasteiger partial charge in [-0.25, -0.2) is 0 Å². The van der Waals surface area contributed by atoms with E-state index in [4.69, 9.17) is 15.0 Å². The number of aromatic nitrogens is 1. The zero-order valence-corrected chi connectivity index (χ0v) is 7.28. The zero-order valence-electron chi connectivity index (χ0n) is 7.28. The van der Waals surface area contributed by atoms with Crippen molar-refractivity contribution in [2.75, 3.05) is 7.11 Å². The first-order valence-electron chi connectivity index (χ1n) is 3.96. The van der Waals surface area contributed by atoms with Gasteiger partial charge in [-0.1, -0.05) is 5.16 Å². The van der Waals surface area contributed by atoms with Gasteiger partial charge in [0.15, 0.2) is 5.58 Å². The molecule has 0 saturated heterocycles. The van der Waals surface area contributed by atoms with Crippen molar-refractivity contribution in [3.05, 3.63) is 23.9 Å². The van der Waals surface area contributed by atoms with Crippen LogP contribution in [0.3, 0.4) is 0 Å². The first-order valence-corrected chi connectivity index (χ1v) is 3.96. The number of rotatable bonds is 2. The van der Waals surface area contributed by atoms with Crippen LogP contribution in [0.15, 0.2) is 22.9 Å². The second-order valence-electron chi connectivity index (χ2n) is 2.73. The van der Waals surface area contributed by atoms with Gasteiger partial charge in [0.1, 0.15) is 5.75 Å². The van der Waals surface area contributed by atoms with Crippen molar-refractivity contribution >= 4 is 11.0 Å². The summed E-state index contributed by atoms with van der Waals surface area (Å²) in [7, 11) is 1.62. The summed E-state index contributed by atoms with van der Waals surface area (Å²) in [5.74, 6) is 0.774. The number of benzene rings is 1. The minimum Gasteiger partial charge on any atom is -0.497 e. The molecule has 2 aromatic rings. The predicted molar refractivity (Wildman–Crippen MR) is 48.5 cm³/mol. The molecular formula is C9H10N2O2. The van der Waals surface area contributed by atoms with Crippen LogP contribution in [0, 0.1) is 0 Å². The monoisotopic (exact) mass is 178 g/mol. The Morgan fingerprint density at radius 3 is 3.08 bits per heavy atom. The lowest BCUT2D eigenvalue weighted by Crippen LogP contribution is -1.97. The Labute approximate surface area is 75.3 Å². The summed E-state index contributed by atoms with van der Waals surface area (Å²) in [6.07, 6.45) is 1.65. The van der Waals surface area contributed by atoms with Crippen molar-refractivity contribution in [1.29, 1.82) is 0 Å². The van der Waals surface area contributed by atoms with Crippen LogP contribution in [-0.2, 0) is 6.54 Å². The number of nitrogens with two attached hydrogens (primary N) is 1. The fraction of sp³-hybridized carbons (Fsp3) is 0.222. The highest BCUT2D eigenvalue weighted by Gasteiger charge is 2.06. The Balaban J connectivity index is 2.70. The maximum atomic E-state index is 5.56. The normalized spacial score (nSPS) is 10.6. The molecular weight excluding hydrogens is 168 g/mol. The standard InChI is InChI=1S/C9H10N2O2/c1-12-8-2-6(4-10)9-7(3-8)5-11-13-9/h2-3,5H,4,10H2,1H3. The molecule has 2 rings (SSSR count). The highest BCUT2D eigenvalue weighted by atomic mass is 16.5. The molecule has 0 spiro atoms. The molecule has 4 heteroatoms. The highest BCUT2D eigenvalue weighted by molar-refractivity contribution is 5.81. The molecule has 0 atom stereocenters. The smallest absolute Gasteiger partial charge is 0.171 e. The van der Waals surface area contributed by atoms with E-state index in [0.29, 0.717) is 6.54 Å². The van der Waals surface area contributed by atoms with Gasteiger partial charge in [0.2, 0.25) is 0 Å². The van der Waals surface area contributed by atoms with E-state index in [0.717, 1.165) is 22.3 Å². The van der Waals surface area contributed by atoms with E-state index in [9.17, 15) is 0 Å². The van der Waals surface area contributed by atoms with E-state index in [2.05, 4.69) is 5.16 Å². The van der Waals surface area contributed by atoms with Crippen LogP contribution in [0.4, 0.5) is 0 Å². The first-order chi connectivity index (χ1) is 6.35. The fourth-order valence-corrected chi connectivity index (χ4v) is 1.30. The summed E-state index contributed by atoms with van der Waals surface area (Å²) < 4.78 is 10.2. The highest BCUT2D eigenvalue weighted by Crippen LogP contribution is 2.24. The third-order valence-corrected chi connectivity index (χ3v) is 1.96. The topological polar surface area (TPSA) is 61.3 Å². The molecule has 0 amide bonds. The van der Waals surface area contributed by atoms with Gasteiger partial charge < -0.3 is 15.0 Å². The largest absolute Gasteiger partial charge is 0.497 e. The number of methoxy groups -OCH3 is 1. The molecule has 2 N–H and O–H groups in total. The van der Waals surface area contributed by atoms with E-state index in [-0.39, 0.29) is 0 Å². The van der Waals surface area contributed by atoms with Gasteiger partial charge in [0.25, 0.3) is 0 Å². The Hall–Kier alpha value is -1.55. The summed E-state index contributed by atoms with van der Waals surface area (Å²) in [4.78, 5) is 0. The third-order valence-electron chi connectivity index (χ3n) is 1.96.